The van der Waals surface area contributed by atoms with Crippen molar-refractivity contribution in [2.24, 2.45) is 16.7 Å². The first-order valence-corrected chi connectivity index (χ1v) is 5.77. The number of fused-ring (bicyclic) bond motifs is 2. The van der Waals surface area contributed by atoms with Crippen molar-refractivity contribution in [3.8, 4) is 0 Å². The first-order valence-electron chi connectivity index (χ1n) is 5.77. The topological polar surface area (TPSA) is 20.2 Å². The fraction of sp³-hybridized carbons (Fsp3) is 0.917. The van der Waals surface area contributed by atoms with Crippen LogP contribution in [0.25, 0.3) is 0 Å². The number of rotatable bonds is 2. The van der Waals surface area contributed by atoms with Crippen molar-refractivity contribution in [3.63, 3.8) is 0 Å². The number of halogens is 3. The Morgan fingerprint density at radius 2 is 1.88 bits per heavy atom. The molecule has 0 aromatic rings. The minimum Gasteiger partial charge on any atom is -0.554 e. The fourth-order valence-corrected chi connectivity index (χ4v) is 3.77. The van der Waals surface area contributed by atoms with Crippen LogP contribution in [-0.4, -0.2) is 11.3 Å². The van der Waals surface area contributed by atoms with E-state index in [0.29, 0.717) is 0 Å². The van der Waals surface area contributed by atoms with Gasteiger partial charge in [-0.3, -0.25) is 0 Å². The van der Waals surface area contributed by atoms with Crippen molar-refractivity contribution in [3.05, 3.63) is 6.10 Å². The Hall–Kier alpha value is -1.25. The summed E-state index contributed by atoms with van der Waals surface area (Å²) < 4.78 is 36.8. The van der Waals surface area contributed by atoms with Gasteiger partial charge in [-0.25, -0.2) is 13.2 Å². The van der Waals surface area contributed by atoms with E-state index in [1.807, 2.05) is 0 Å². The van der Waals surface area contributed by atoms with E-state index >= 15 is 0 Å². The van der Waals surface area contributed by atoms with Gasteiger partial charge in [-0.1, -0.05) is 25.9 Å². The molecule has 2 saturated carbocycles. The van der Waals surface area contributed by atoms with E-state index in [-0.39, 0.29) is 23.2 Å². The average molecular weight is 502 g/mol. The van der Waals surface area contributed by atoms with Gasteiger partial charge in [0.25, 0.3) is 6.18 Å². The first-order chi connectivity index (χ1) is 7.15. The van der Waals surface area contributed by atoms with Gasteiger partial charge < -0.3 is 5.11 Å². The Bertz CT molecular complexity index is 294. The molecule has 2 bridgehead atoms. The monoisotopic (exact) mass is 502 g/mol. The normalized spacial score (nSPS) is 40.8. The molecule has 0 spiro atoms. The molecule has 3 atom stereocenters. The van der Waals surface area contributed by atoms with Crippen LogP contribution < -0.4 is 0 Å². The summed E-state index contributed by atoms with van der Waals surface area (Å²) in [5.74, 6) is -0.00660. The molecule has 0 aromatic carbocycles. The van der Waals surface area contributed by atoms with Crippen LogP contribution in [0.4, 0.5) is 13.2 Å². The van der Waals surface area contributed by atoms with Crippen molar-refractivity contribution in [2.75, 3.05) is 0 Å². The molecule has 5 heteroatoms. The number of hydrogen-bond donors (Lipinski definition) is 1. The molecule has 0 aliphatic heterocycles. The molecule has 2 aliphatic carbocycles. The van der Waals surface area contributed by atoms with Crippen LogP contribution in [0, 0.1) is 22.9 Å². The van der Waals surface area contributed by atoms with Crippen molar-refractivity contribution < 1.29 is 18.3 Å². The molecule has 0 saturated heterocycles. The van der Waals surface area contributed by atoms with Crippen LogP contribution >= 0.6 is 0 Å². The molecule has 17 heavy (non-hydrogen) atoms. The molecule has 1 nitrogen and oxygen atoms in total. The zero-order chi connectivity index (χ0) is 12.2. The van der Waals surface area contributed by atoms with Gasteiger partial charge in [0.15, 0.2) is 0 Å². The van der Waals surface area contributed by atoms with E-state index < -0.39 is 12.3 Å². The summed E-state index contributed by atoms with van der Waals surface area (Å²) >= 11 is 0. The standard InChI is InChI=1S/C12H18F3O.Rf/c1-10-3-4-11(2,7-10)8(6-10)5-9(16)12(13,14)15;/h8,16H,3-7H2,1-2H3;/q-1;. The molecule has 3 unspecified atom stereocenters. The van der Waals surface area contributed by atoms with Crippen molar-refractivity contribution >= 4 is 0 Å². The summed E-state index contributed by atoms with van der Waals surface area (Å²) in [6, 6.07) is 0. The molecule has 1 N–H and O–H groups in total. The number of hydrogen-bond acceptors (Lipinski definition) is 1. The fourth-order valence-electron chi connectivity index (χ4n) is 3.77. The van der Waals surface area contributed by atoms with Crippen LogP contribution in [0.3, 0.4) is 0 Å². The van der Waals surface area contributed by atoms with Crippen LogP contribution in [-0.2, 0) is 0 Å². The minimum atomic E-state index is -4.54. The summed E-state index contributed by atoms with van der Waals surface area (Å²) in [4.78, 5) is 0. The summed E-state index contributed by atoms with van der Waals surface area (Å²) in [5.41, 5.74) is 0.222. The number of aliphatic hydroxyl groups excluding tert-OH is 1. The molecular weight excluding hydrogens is 484 g/mol. The number of alkyl halides is 3. The van der Waals surface area contributed by atoms with Crippen LogP contribution in [0.15, 0.2) is 0 Å². The maximum atomic E-state index is 12.3. The largest absolute Gasteiger partial charge is 0.554 e. The van der Waals surface area contributed by atoms with Crippen molar-refractivity contribution in [1.29, 1.82) is 0 Å². The predicted molar refractivity (Wildman–Crippen MR) is 54.0 cm³/mol. The molecule has 2 rings (SSSR count). The van der Waals surface area contributed by atoms with E-state index in [4.69, 9.17) is 5.11 Å². The third-order valence-corrected chi connectivity index (χ3v) is 4.62. The summed E-state index contributed by atoms with van der Waals surface area (Å²) in [7, 11) is 0. The van der Waals surface area contributed by atoms with E-state index in [1.165, 1.54) is 0 Å². The zero-order valence-corrected chi connectivity index (χ0v) is 16.8. The Morgan fingerprint density at radius 1 is 1.29 bits per heavy atom. The Balaban J connectivity index is 0.00000144. The average Bonchev–Trinajstić information content (AvgIpc) is 2.52. The van der Waals surface area contributed by atoms with E-state index in [0.717, 1.165) is 25.7 Å². The van der Waals surface area contributed by atoms with Crippen LogP contribution in [0.2, 0.25) is 0 Å². The Kier molecular flexibility index (Phi) is 2.94. The van der Waals surface area contributed by atoms with Gasteiger partial charge in [0.05, 0.1) is 0 Å². The van der Waals surface area contributed by atoms with Crippen molar-refractivity contribution in [2.45, 2.75) is 52.1 Å². The van der Waals surface area contributed by atoms with Crippen LogP contribution in [0.1, 0.15) is 46.0 Å². The molecular formula is C12H18F3ORf-. The second-order valence-electron chi connectivity index (χ2n) is 6.19. The van der Waals surface area contributed by atoms with E-state index in [2.05, 4.69) is 13.8 Å². The maximum absolute atomic E-state index is 12.3. The molecule has 0 heterocycles. The van der Waals surface area contributed by atoms with Crippen molar-refractivity contribution in [1.82, 2.24) is 0 Å². The van der Waals surface area contributed by atoms with Gasteiger partial charge in [-0.05, 0) is 36.5 Å². The zero-order valence-electron chi connectivity index (χ0n) is 10.4. The summed E-state index contributed by atoms with van der Waals surface area (Å²) in [5, 5.41) is 9.06. The van der Waals surface area contributed by atoms with Gasteiger partial charge in [0.1, 0.15) is 0 Å². The quantitative estimate of drug-likeness (QED) is 0.566. The second kappa shape index (κ2) is 3.62. The Morgan fingerprint density at radius 3 is 2.24 bits per heavy atom. The molecule has 0 amide bonds. The molecule has 0 aromatic heterocycles. The van der Waals surface area contributed by atoms with Gasteiger partial charge in [-0.2, -0.15) is 0 Å². The maximum Gasteiger partial charge on any atom is 0.294 e. The van der Waals surface area contributed by atoms with E-state index in [1.54, 1.807) is 0 Å². The minimum absolute atomic E-state index is 0. The molecule has 96 valence electrons. The van der Waals surface area contributed by atoms with Gasteiger partial charge in [0.2, 0.25) is 0 Å². The predicted octanol–water partition coefficient (Wildman–Crippen LogP) is 4.06. The van der Waals surface area contributed by atoms with Gasteiger partial charge in [-0.15, -0.1) is 6.42 Å². The second-order valence-corrected chi connectivity index (χ2v) is 6.19. The summed E-state index contributed by atoms with van der Waals surface area (Å²) in [6.45, 7) is 4.22. The third-order valence-electron chi connectivity index (χ3n) is 4.62. The van der Waals surface area contributed by atoms with Crippen LogP contribution in [0.5, 0.6) is 0 Å². The van der Waals surface area contributed by atoms with E-state index in [9.17, 15) is 13.2 Å². The molecule has 2 fully saturated rings. The molecule has 2 aliphatic rings. The Labute approximate surface area is 94.0 Å². The molecule has 0 radical (unpaired) electrons. The smallest absolute Gasteiger partial charge is 0.294 e. The van der Waals surface area contributed by atoms with Gasteiger partial charge in [0, 0.05) is 0 Å². The number of aliphatic hydroxyl groups is 1. The van der Waals surface area contributed by atoms with Gasteiger partial charge >= 0.3 is 0 Å². The first kappa shape index (κ1) is 13.8. The summed E-state index contributed by atoms with van der Waals surface area (Å²) in [6.07, 6.45) is -2.09. The SMILES string of the molecule is CC12CCC(C)(C1)C(C[C-](O)C(F)(F)F)C2.[Rf]. The third kappa shape index (κ3) is 2.24.